The minimum Gasteiger partial charge on any atom is -0.482 e. The van der Waals surface area contributed by atoms with E-state index in [0.29, 0.717) is 11.5 Å². The van der Waals surface area contributed by atoms with Gasteiger partial charge in [-0.1, -0.05) is 64.5 Å². The summed E-state index contributed by atoms with van der Waals surface area (Å²) in [6.07, 6.45) is 0. The van der Waals surface area contributed by atoms with Crippen molar-refractivity contribution in [3.63, 3.8) is 0 Å². The van der Waals surface area contributed by atoms with Gasteiger partial charge in [0, 0.05) is 4.47 Å². The second kappa shape index (κ2) is 7.79. The normalized spacial score (nSPS) is 10.2. The summed E-state index contributed by atoms with van der Waals surface area (Å²) < 4.78 is 11.6. The van der Waals surface area contributed by atoms with Crippen molar-refractivity contribution in [2.45, 2.75) is 0 Å². The Bertz CT molecular complexity index is 814. The van der Waals surface area contributed by atoms with Crippen molar-refractivity contribution in [2.24, 2.45) is 0 Å². The lowest BCUT2D eigenvalue weighted by atomic mass is 10.1. The van der Waals surface area contributed by atoms with Crippen LogP contribution in [0.2, 0.25) is 0 Å². The zero-order valence-corrected chi connectivity index (χ0v) is 14.4. The molecule has 0 aromatic heterocycles. The molecule has 120 valence electrons. The van der Waals surface area contributed by atoms with Crippen LogP contribution in [0.1, 0.15) is 0 Å². The zero-order chi connectivity index (χ0) is 16.8. The van der Waals surface area contributed by atoms with E-state index >= 15 is 0 Å². The molecule has 3 aromatic rings. The third-order valence-electron chi connectivity index (χ3n) is 3.35. The Labute approximate surface area is 149 Å². The van der Waals surface area contributed by atoms with Gasteiger partial charge in [-0.25, -0.2) is 4.79 Å². The van der Waals surface area contributed by atoms with Crippen LogP contribution in [0.3, 0.4) is 0 Å². The maximum absolute atomic E-state index is 11.9. The van der Waals surface area contributed by atoms with Crippen molar-refractivity contribution < 1.29 is 14.3 Å². The highest BCUT2D eigenvalue weighted by atomic mass is 79.9. The summed E-state index contributed by atoms with van der Waals surface area (Å²) in [6, 6.07) is 24.7. The number of halogens is 1. The molecule has 0 N–H and O–H groups in total. The third-order valence-corrected chi connectivity index (χ3v) is 3.84. The molecule has 3 nitrogen and oxygen atoms in total. The van der Waals surface area contributed by atoms with Gasteiger partial charge in [0.05, 0.1) is 0 Å². The summed E-state index contributed by atoms with van der Waals surface area (Å²) in [5.41, 5.74) is 2.19. The minimum atomic E-state index is -0.442. The summed E-state index contributed by atoms with van der Waals surface area (Å²) >= 11 is 3.35. The number of hydrogen-bond acceptors (Lipinski definition) is 3. The van der Waals surface area contributed by atoms with Crippen molar-refractivity contribution in [2.75, 3.05) is 6.61 Å². The highest BCUT2D eigenvalue weighted by Crippen LogP contribution is 2.22. The van der Waals surface area contributed by atoms with Crippen LogP contribution in [0.5, 0.6) is 11.5 Å². The standard InChI is InChI=1S/C20H15BrO3/c21-17-7-4-8-19(13-17)23-14-20(22)24-18-11-9-16(10-12-18)15-5-2-1-3-6-15/h1-13H,14H2. The van der Waals surface area contributed by atoms with E-state index in [4.69, 9.17) is 9.47 Å². The van der Waals surface area contributed by atoms with Crippen molar-refractivity contribution in [1.29, 1.82) is 0 Å². The SMILES string of the molecule is O=C(COc1cccc(Br)c1)Oc1ccc(-c2ccccc2)cc1. The molecule has 0 aliphatic rings. The number of hydrogen-bond donors (Lipinski definition) is 0. The maximum Gasteiger partial charge on any atom is 0.349 e. The summed E-state index contributed by atoms with van der Waals surface area (Å²) in [5.74, 6) is 0.667. The maximum atomic E-state index is 11.9. The average Bonchev–Trinajstić information content (AvgIpc) is 2.61. The Morgan fingerprint density at radius 1 is 0.792 bits per heavy atom. The number of carbonyl (C=O) groups excluding carboxylic acids is 1. The Balaban J connectivity index is 1.57. The van der Waals surface area contributed by atoms with Crippen molar-refractivity contribution in [3.05, 3.63) is 83.3 Å². The molecular weight excluding hydrogens is 368 g/mol. The highest BCUT2D eigenvalue weighted by Gasteiger charge is 2.07. The number of esters is 1. The predicted octanol–water partition coefficient (Wildman–Crippen LogP) is 5.10. The largest absolute Gasteiger partial charge is 0.482 e. The van der Waals surface area contributed by atoms with Gasteiger partial charge in [0.2, 0.25) is 0 Å². The van der Waals surface area contributed by atoms with E-state index in [9.17, 15) is 4.79 Å². The van der Waals surface area contributed by atoms with Crippen LogP contribution < -0.4 is 9.47 Å². The van der Waals surface area contributed by atoms with E-state index in [2.05, 4.69) is 15.9 Å². The molecule has 0 radical (unpaired) electrons. The summed E-state index contributed by atoms with van der Waals surface area (Å²) in [5, 5.41) is 0. The monoisotopic (exact) mass is 382 g/mol. The molecule has 0 heterocycles. The van der Waals surface area contributed by atoms with Crippen molar-refractivity contribution in [3.8, 4) is 22.6 Å². The van der Waals surface area contributed by atoms with Gasteiger partial charge in [0.25, 0.3) is 0 Å². The van der Waals surface area contributed by atoms with Crippen LogP contribution in [0, 0.1) is 0 Å². The van der Waals surface area contributed by atoms with E-state index in [1.165, 1.54) is 0 Å². The van der Waals surface area contributed by atoms with Gasteiger partial charge in [-0.2, -0.15) is 0 Å². The lowest BCUT2D eigenvalue weighted by Crippen LogP contribution is -2.17. The molecule has 0 saturated carbocycles. The summed E-state index contributed by atoms with van der Waals surface area (Å²) in [7, 11) is 0. The molecule has 0 atom stereocenters. The number of ether oxygens (including phenoxy) is 2. The van der Waals surface area contributed by atoms with Gasteiger partial charge < -0.3 is 9.47 Å². The minimum absolute atomic E-state index is 0.142. The first-order valence-corrected chi connectivity index (χ1v) is 8.24. The van der Waals surface area contributed by atoms with Gasteiger partial charge in [-0.15, -0.1) is 0 Å². The molecule has 0 saturated heterocycles. The number of rotatable bonds is 5. The lowest BCUT2D eigenvalue weighted by molar-refractivity contribution is -0.136. The molecule has 3 rings (SSSR count). The molecule has 4 heteroatoms. The van der Waals surface area contributed by atoms with Gasteiger partial charge in [0.15, 0.2) is 6.61 Å². The Kier molecular flexibility index (Phi) is 5.29. The summed E-state index contributed by atoms with van der Waals surface area (Å²) in [4.78, 5) is 11.9. The zero-order valence-electron chi connectivity index (χ0n) is 12.8. The number of carbonyl (C=O) groups is 1. The topological polar surface area (TPSA) is 35.5 Å². The first-order valence-electron chi connectivity index (χ1n) is 7.45. The second-order valence-electron chi connectivity index (χ2n) is 5.11. The van der Waals surface area contributed by atoms with E-state index < -0.39 is 5.97 Å². The third kappa shape index (κ3) is 4.46. The van der Waals surface area contributed by atoms with Crippen LogP contribution in [0.4, 0.5) is 0 Å². The smallest absolute Gasteiger partial charge is 0.349 e. The van der Waals surface area contributed by atoms with E-state index in [1.807, 2.05) is 54.6 Å². The first kappa shape index (κ1) is 16.3. The van der Waals surface area contributed by atoms with Crippen molar-refractivity contribution in [1.82, 2.24) is 0 Å². The molecule has 0 aliphatic carbocycles. The Morgan fingerprint density at radius 3 is 2.21 bits per heavy atom. The molecule has 24 heavy (non-hydrogen) atoms. The molecule has 0 unspecified atom stereocenters. The van der Waals surface area contributed by atoms with Crippen molar-refractivity contribution >= 4 is 21.9 Å². The van der Waals surface area contributed by atoms with Gasteiger partial charge in [0.1, 0.15) is 11.5 Å². The number of benzene rings is 3. The van der Waals surface area contributed by atoms with Crippen LogP contribution in [0.15, 0.2) is 83.3 Å². The average molecular weight is 383 g/mol. The van der Waals surface area contributed by atoms with Crippen LogP contribution in [0.25, 0.3) is 11.1 Å². The van der Waals surface area contributed by atoms with Crippen LogP contribution >= 0.6 is 15.9 Å². The van der Waals surface area contributed by atoms with Gasteiger partial charge >= 0.3 is 5.97 Å². The first-order chi connectivity index (χ1) is 11.7. The highest BCUT2D eigenvalue weighted by molar-refractivity contribution is 9.10. The molecule has 0 aliphatic heterocycles. The van der Waals surface area contributed by atoms with Gasteiger partial charge in [-0.3, -0.25) is 0 Å². The quantitative estimate of drug-likeness (QED) is 0.454. The van der Waals surface area contributed by atoms with E-state index in [0.717, 1.165) is 15.6 Å². The molecule has 0 amide bonds. The second-order valence-corrected chi connectivity index (χ2v) is 6.03. The molecule has 3 aromatic carbocycles. The fraction of sp³-hybridized carbons (Fsp3) is 0.0500. The molecule has 0 spiro atoms. The van der Waals surface area contributed by atoms with E-state index in [-0.39, 0.29) is 6.61 Å². The molecule has 0 bridgehead atoms. The Morgan fingerprint density at radius 2 is 1.50 bits per heavy atom. The summed E-state index contributed by atoms with van der Waals surface area (Å²) in [6.45, 7) is -0.142. The fourth-order valence-electron chi connectivity index (χ4n) is 2.21. The predicted molar refractivity (Wildman–Crippen MR) is 97.2 cm³/mol. The molecule has 0 fully saturated rings. The Hall–Kier alpha value is -2.59. The fourth-order valence-corrected chi connectivity index (χ4v) is 2.58. The van der Waals surface area contributed by atoms with Crippen LogP contribution in [-0.4, -0.2) is 12.6 Å². The molecular formula is C20H15BrO3. The van der Waals surface area contributed by atoms with Gasteiger partial charge in [-0.05, 0) is 41.5 Å². The lowest BCUT2D eigenvalue weighted by Gasteiger charge is -2.08. The van der Waals surface area contributed by atoms with Crippen LogP contribution in [-0.2, 0) is 4.79 Å². The van der Waals surface area contributed by atoms with E-state index in [1.54, 1.807) is 24.3 Å².